The molecule has 0 saturated carbocycles. The summed E-state index contributed by atoms with van der Waals surface area (Å²) in [7, 11) is -4.36. The number of hydrogen-bond acceptors (Lipinski definition) is 6. The van der Waals surface area contributed by atoms with Crippen molar-refractivity contribution >= 4 is 7.82 Å². The minimum absolute atomic E-state index is 0.116. The minimum atomic E-state index is -4.36. The summed E-state index contributed by atoms with van der Waals surface area (Å²) in [6, 6.07) is 0. The van der Waals surface area contributed by atoms with E-state index in [1.165, 1.54) is 0 Å². The number of rotatable bonds is 10. The Morgan fingerprint density at radius 2 is 2.10 bits per heavy atom. The molecule has 0 rings (SSSR count). The van der Waals surface area contributed by atoms with Crippen LogP contribution in [-0.2, 0) is 13.6 Å². The van der Waals surface area contributed by atoms with Crippen molar-refractivity contribution < 1.29 is 23.6 Å². The number of unbranched alkanes of at least 4 members (excludes halogenated alkanes) is 1. The molecule has 9 heteroatoms. The van der Waals surface area contributed by atoms with Gasteiger partial charge in [0, 0.05) is 24.0 Å². The van der Waals surface area contributed by atoms with Gasteiger partial charge in [0.15, 0.2) is 0 Å². The molecule has 0 radical (unpaired) electrons. The molecular formula is C11H23N3O5P-. The van der Waals surface area contributed by atoms with Crippen molar-refractivity contribution in [2.45, 2.75) is 45.6 Å². The Hall–Kier alpha value is -0.620. The minimum Gasteiger partial charge on any atom is -0.756 e. The van der Waals surface area contributed by atoms with E-state index in [2.05, 4.69) is 10.0 Å². The predicted molar refractivity (Wildman–Crippen MR) is 72.8 cm³/mol. The monoisotopic (exact) mass is 308 g/mol. The maximum atomic E-state index is 11.5. The quantitative estimate of drug-likeness (QED) is 0.218. The van der Waals surface area contributed by atoms with Gasteiger partial charge in [0.2, 0.25) is 0 Å². The summed E-state index contributed by atoms with van der Waals surface area (Å²) in [6.07, 6.45) is 2.00. The van der Waals surface area contributed by atoms with E-state index < -0.39 is 13.4 Å². The maximum Gasteiger partial charge on any atom is 0.268 e. The average Bonchev–Trinajstić information content (AvgIpc) is 2.29. The molecule has 0 amide bonds. The molecule has 0 bridgehead atoms. The van der Waals surface area contributed by atoms with Crippen molar-refractivity contribution in [1.82, 2.24) is 0 Å². The Kier molecular flexibility index (Phi) is 9.05. The Labute approximate surface area is 119 Å². The molecule has 0 spiro atoms. The molecular weight excluding hydrogens is 285 g/mol. The Balaban J connectivity index is 4.05. The van der Waals surface area contributed by atoms with Crippen molar-refractivity contribution in [3.8, 4) is 0 Å². The standard InChI is InChI=1S/C11H24N3O5P/c1-11(2,3)19-20(16,17)18-9-10(8-15)6-4-5-7-13-14-12/h10,15H,4-9H2,1-3H3,(H,16,17)/p-1. The molecule has 0 heterocycles. The topological polar surface area (TPSA) is 128 Å². The number of aliphatic hydroxyl groups is 1. The second-order valence-electron chi connectivity index (χ2n) is 5.45. The van der Waals surface area contributed by atoms with Crippen LogP contribution in [0.4, 0.5) is 0 Å². The Morgan fingerprint density at radius 1 is 1.45 bits per heavy atom. The van der Waals surface area contributed by atoms with E-state index >= 15 is 0 Å². The summed E-state index contributed by atoms with van der Waals surface area (Å²) >= 11 is 0. The summed E-state index contributed by atoms with van der Waals surface area (Å²) in [5.41, 5.74) is 7.26. The largest absolute Gasteiger partial charge is 0.756 e. The second kappa shape index (κ2) is 9.34. The number of aliphatic hydroxyl groups excluding tert-OH is 1. The lowest BCUT2D eigenvalue weighted by atomic mass is 10.0. The number of phosphoric acid groups is 1. The SMILES string of the molecule is CC(C)(C)OP(=O)([O-])OCC(CO)CCCCN=[N+]=[N-]. The molecule has 8 nitrogen and oxygen atoms in total. The summed E-state index contributed by atoms with van der Waals surface area (Å²) in [5.74, 6) is -0.285. The molecule has 0 aliphatic carbocycles. The average molecular weight is 308 g/mol. The van der Waals surface area contributed by atoms with Crippen molar-refractivity contribution in [3.05, 3.63) is 10.4 Å². The van der Waals surface area contributed by atoms with Crippen molar-refractivity contribution in [2.75, 3.05) is 19.8 Å². The molecule has 0 aliphatic heterocycles. The van der Waals surface area contributed by atoms with Gasteiger partial charge in [-0.1, -0.05) is 11.5 Å². The van der Waals surface area contributed by atoms with Gasteiger partial charge in [0.1, 0.15) is 0 Å². The van der Waals surface area contributed by atoms with Crippen molar-refractivity contribution in [2.24, 2.45) is 11.0 Å². The van der Waals surface area contributed by atoms with Gasteiger partial charge in [-0.15, -0.1) is 0 Å². The summed E-state index contributed by atoms with van der Waals surface area (Å²) < 4.78 is 21.1. The number of phosphoric ester groups is 1. The highest BCUT2D eigenvalue weighted by Gasteiger charge is 2.21. The van der Waals surface area contributed by atoms with E-state index in [0.29, 0.717) is 19.4 Å². The number of azide groups is 1. The van der Waals surface area contributed by atoms with Gasteiger partial charge in [-0.2, -0.15) is 0 Å². The van der Waals surface area contributed by atoms with Gasteiger partial charge < -0.3 is 19.0 Å². The molecule has 20 heavy (non-hydrogen) atoms. The summed E-state index contributed by atoms with van der Waals surface area (Å²) in [5, 5.41) is 12.6. The first kappa shape index (κ1) is 19.4. The third-order valence-electron chi connectivity index (χ3n) is 2.30. The molecule has 0 aromatic heterocycles. The molecule has 0 saturated heterocycles. The van der Waals surface area contributed by atoms with Crippen LogP contribution in [0.3, 0.4) is 0 Å². The first-order chi connectivity index (χ1) is 9.20. The van der Waals surface area contributed by atoms with Crippen LogP contribution in [0.25, 0.3) is 10.4 Å². The van der Waals surface area contributed by atoms with Crippen LogP contribution in [0.15, 0.2) is 5.11 Å². The molecule has 0 aromatic carbocycles. The molecule has 0 fully saturated rings. The Morgan fingerprint density at radius 3 is 2.60 bits per heavy atom. The number of hydrogen-bond donors (Lipinski definition) is 1. The van der Waals surface area contributed by atoms with Gasteiger partial charge in [0.25, 0.3) is 7.82 Å². The first-order valence-electron chi connectivity index (χ1n) is 6.48. The van der Waals surface area contributed by atoms with Crippen molar-refractivity contribution in [3.63, 3.8) is 0 Å². The second-order valence-corrected chi connectivity index (χ2v) is 6.78. The van der Waals surface area contributed by atoms with E-state index in [9.17, 15) is 9.46 Å². The third kappa shape index (κ3) is 11.2. The lowest BCUT2D eigenvalue weighted by Crippen LogP contribution is -2.24. The highest BCUT2D eigenvalue weighted by atomic mass is 31.2. The van der Waals surface area contributed by atoms with Crippen LogP contribution in [0.2, 0.25) is 0 Å². The van der Waals surface area contributed by atoms with Crippen LogP contribution in [-0.4, -0.2) is 30.5 Å². The fraction of sp³-hybridized carbons (Fsp3) is 1.00. The lowest BCUT2D eigenvalue weighted by molar-refractivity contribution is -0.234. The summed E-state index contributed by atoms with van der Waals surface area (Å²) in [6.45, 7) is 4.94. The molecule has 118 valence electrons. The lowest BCUT2D eigenvalue weighted by Gasteiger charge is -2.31. The van der Waals surface area contributed by atoms with E-state index in [1.807, 2.05) is 0 Å². The van der Waals surface area contributed by atoms with Crippen LogP contribution in [0.5, 0.6) is 0 Å². The zero-order valence-corrected chi connectivity index (χ0v) is 13.1. The fourth-order valence-corrected chi connectivity index (χ4v) is 2.56. The van der Waals surface area contributed by atoms with Crippen LogP contribution >= 0.6 is 7.82 Å². The highest BCUT2D eigenvalue weighted by Crippen LogP contribution is 2.43. The zero-order chi connectivity index (χ0) is 15.6. The van der Waals surface area contributed by atoms with Crippen LogP contribution < -0.4 is 4.89 Å². The van der Waals surface area contributed by atoms with E-state index in [-0.39, 0.29) is 19.1 Å². The van der Waals surface area contributed by atoms with E-state index in [0.717, 1.165) is 6.42 Å². The first-order valence-corrected chi connectivity index (χ1v) is 7.94. The third-order valence-corrected chi connectivity index (χ3v) is 3.53. The van der Waals surface area contributed by atoms with E-state index in [1.54, 1.807) is 20.8 Å². The van der Waals surface area contributed by atoms with Crippen molar-refractivity contribution in [1.29, 1.82) is 0 Å². The molecule has 2 unspecified atom stereocenters. The van der Waals surface area contributed by atoms with Gasteiger partial charge in [-0.3, -0.25) is 4.57 Å². The van der Waals surface area contributed by atoms with Crippen LogP contribution in [0, 0.1) is 5.92 Å². The van der Waals surface area contributed by atoms with Gasteiger partial charge in [-0.05, 0) is 39.1 Å². The van der Waals surface area contributed by atoms with Gasteiger partial charge in [-0.25, -0.2) is 0 Å². The molecule has 1 N–H and O–H groups in total. The van der Waals surface area contributed by atoms with Gasteiger partial charge in [0.05, 0.1) is 12.2 Å². The molecule has 0 aromatic rings. The number of nitrogens with zero attached hydrogens (tertiary/aromatic N) is 3. The summed E-state index contributed by atoms with van der Waals surface area (Å²) in [4.78, 5) is 14.2. The van der Waals surface area contributed by atoms with E-state index in [4.69, 9.17) is 19.7 Å². The normalized spacial score (nSPS) is 16.2. The van der Waals surface area contributed by atoms with Crippen LogP contribution in [0.1, 0.15) is 40.0 Å². The van der Waals surface area contributed by atoms with Gasteiger partial charge >= 0.3 is 0 Å². The maximum absolute atomic E-state index is 11.5. The molecule has 2 atom stereocenters. The zero-order valence-electron chi connectivity index (χ0n) is 12.2. The smallest absolute Gasteiger partial charge is 0.268 e. The highest BCUT2D eigenvalue weighted by molar-refractivity contribution is 7.45. The predicted octanol–water partition coefficient (Wildman–Crippen LogP) is 2.38. The Bertz CT molecular complexity index is 366. The molecule has 0 aliphatic rings. The fourth-order valence-electron chi connectivity index (χ4n) is 1.45.